The van der Waals surface area contributed by atoms with Crippen molar-refractivity contribution >= 4 is 12.0 Å². The Morgan fingerprint density at radius 3 is 2.75 bits per heavy atom. The Balaban J connectivity index is 1.74. The number of alkyl carbamates (subject to hydrolysis) is 1. The number of imide groups is 1. The van der Waals surface area contributed by atoms with Gasteiger partial charge in [0.05, 0.1) is 12.2 Å². The van der Waals surface area contributed by atoms with Crippen molar-refractivity contribution in [3.8, 4) is 22.8 Å². The fourth-order valence-electron chi connectivity index (χ4n) is 2.30. The van der Waals surface area contributed by atoms with Crippen molar-refractivity contribution < 1.29 is 28.0 Å². The molecule has 0 bridgehead atoms. The number of rotatable bonds is 6. The molecule has 0 radical (unpaired) electrons. The molecule has 1 aromatic heterocycles. The highest BCUT2D eigenvalue weighted by atomic mass is 19.1. The molecule has 0 saturated carbocycles. The second kappa shape index (κ2) is 8.87. The molecule has 144 valence electrons. The number of carbonyl (C=O) groups is 2. The highest BCUT2D eigenvalue weighted by molar-refractivity contribution is 6.03. The lowest BCUT2D eigenvalue weighted by atomic mass is 10.1. The quantitative estimate of drug-likeness (QED) is 0.650. The number of carbonyl (C=O) groups excluding carboxylic acids is 2. The molecule has 0 aliphatic heterocycles. The first-order valence-electron chi connectivity index (χ1n) is 8.24. The van der Waals surface area contributed by atoms with Gasteiger partial charge in [-0.1, -0.05) is 29.4 Å². The minimum atomic E-state index is -0.881. The zero-order valence-electron chi connectivity index (χ0n) is 14.8. The third kappa shape index (κ3) is 4.57. The molecule has 0 spiro atoms. The first-order valence-corrected chi connectivity index (χ1v) is 8.24. The van der Waals surface area contributed by atoms with Gasteiger partial charge in [-0.05, 0) is 24.3 Å². The first kappa shape index (κ1) is 19.2. The van der Waals surface area contributed by atoms with Crippen molar-refractivity contribution in [1.29, 1.82) is 0 Å². The van der Waals surface area contributed by atoms with Gasteiger partial charge in [0.25, 0.3) is 11.8 Å². The van der Waals surface area contributed by atoms with Gasteiger partial charge in [-0.3, -0.25) is 10.1 Å². The van der Waals surface area contributed by atoms with Gasteiger partial charge >= 0.3 is 6.09 Å². The molecular formula is C19H16FN3O5. The van der Waals surface area contributed by atoms with Crippen LogP contribution < -0.4 is 5.32 Å². The molecule has 0 fully saturated rings. The number of aromatic nitrogens is 2. The van der Waals surface area contributed by atoms with Crippen molar-refractivity contribution in [3.05, 3.63) is 59.9 Å². The number of ether oxygens (including phenoxy) is 2. The number of benzene rings is 2. The number of amides is 2. The Bertz CT molecular complexity index is 989. The smallest absolute Gasteiger partial charge is 0.414 e. The Morgan fingerprint density at radius 2 is 1.96 bits per heavy atom. The van der Waals surface area contributed by atoms with E-state index in [1.807, 2.05) is 0 Å². The summed E-state index contributed by atoms with van der Waals surface area (Å²) in [6, 6.07) is 12.3. The topological polar surface area (TPSA) is 104 Å². The van der Waals surface area contributed by atoms with Crippen LogP contribution in [0.2, 0.25) is 0 Å². The third-order valence-electron chi connectivity index (χ3n) is 3.65. The lowest BCUT2D eigenvalue weighted by Crippen LogP contribution is -2.31. The van der Waals surface area contributed by atoms with E-state index in [0.717, 1.165) is 0 Å². The number of hydrogen-bond acceptors (Lipinski definition) is 7. The van der Waals surface area contributed by atoms with Crippen LogP contribution in [0.4, 0.5) is 9.18 Å². The molecule has 28 heavy (non-hydrogen) atoms. The summed E-state index contributed by atoms with van der Waals surface area (Å²) in [4.78, 5) is 27.9. The standard InChI is InChI=1S/C19H16FN3O5/c1-26-9-10-27-19(25)22-17(24)13-6-4-5-12(11-13)16-21-18(28-23-16)14-7-2-3-8-15(14)20/h2-8,11H,9-10H2,1H3,(H,22,24,25). The van der Waals surface area contributed by atoms with Crippen LogP contribution in [0.25, 0.3) is 22.8 Å². The molecule has 2 aromatic carbocycles. The average Bonchev–Trinajstić information content (AvgIpc) is 3.18. The van der Waals surface area contributed by atoms with Crippen molar-refractivity contribution in [2.24, 2.45) is 0 Å². The monoisotopic (exact) mass is 385 g/mol. The van der Waals surface area contributed by atoms with E-state index in [0.29, 0.717) is 5.56 Å². The van der Waals surface area contributed by atoms with E-state index in [4.69, 9.17) is 14.0 Å². The van der Waals surface area contributed by atoms with Gasteiger partial charge in [-0.2, -0.15) is 4.98 Å². The van der Waals surface area contributed by atoms with Crippen LogP contribution in [0.15, 0.2) is 53.1 Å². The van der Waals surface area contributed by atoms with Crippen LogP contribution in [0, 0.1) is 5.82 Å². The van der Waals surface area contributed by atoms with Gasteiger partial charge in [-0.15, -0.1) is 0 Å². The lowest BCUT2D eigenvalue weighted by molar-refractivity contribution is 0.0844. The lowest BCUT2D eigenvalue weighted by Gasteiger charge is -2.06. The maximum atomic E-state index is 13.9. The Labute approximate surface area is 159 Å². The average molecular weight is 385 g/mol. The molecule has 0 aliphatic rings. The van der Waals surface area contributed by atoms with Crippen molar-refractivity contribution in [1.82, 2.24) is 15.5 Å². The van der Waals surface area contributed by atoms with Crippen LogP contribution in [-0.4, -0.2) is 42.5 Å². The Kier molecular flexibility index (Phi) is 6.07. The van der Waals surface area contributed by atoms with Gasteiger partial charge in [0.15, 0.2) is 0 Å². The van der Waals surface area contributed by atoms with Gasteiger partial charge in [0, 0.05) is 18.2 Å². The minimum absolute atomic E-state index is 0.0182. The zero-order chi connectivity index (χ0) is 19.9. The number of hydrogen-bond donors (Lipinski definition) is 1. The summed E-state index contributed by atoms with van der Waals surface area (Å²) < 4.78 is 28.5. The van der Waals surface area contributed by atoms with E-state index in [1.165, 1.54) is 31.4 Å². The second-order valence-electron chi connectivity index (χ2n) is 5.57. The molecule has 0 saturated heterocycles. The minimum Gasteiger partial charge on any atom is -0.447 e. The van der Waals surface area contributed by atoms with Crippen LogP contribution in [0.3, 0.4) is 0 Å². The molecule has 9 heteroatoms. The molecule has 1 heterocycles. The van der Waals surface area contributed by atoms with Gasteiger partial charge in [-0.25, -0.2) is 9.18 Å². The third-order valence-corrected chi connectivity index (χ3v) is 3.65. The fraction of sp³-hybridized carbons (Fsp3) is 0.158. The molecule has 2 amide bonds. The van der Waals surface area contributed by atoms with Gasteiger partial charge < -0.3 is 14.0 Å². The summed E-state index contributed by atoms with van der Waals surface area (Å²) in [7, 11) is 1.47. The molecule has 8 nitrogen and oxygen atoms in total. The summed E-state index contributed by atoms with van der Waals surface area (Å²) in [5.74, 6) is -0.944. The van der Waals surface area contributed by atoms with Crippen LogP contribution >= 0.6 is 0 Å². The predicted octanol–water partition coefficient (Wildman–Crippen LogP) is 3.06. The van der Waals surface area contributed by atoms with E-state index < -0.39 is 17.8 Å². The number of halogens is 1. The van der Waals surface area contributed by atoms with E-state index >= 15 is 0 Å². The van der Waals surface area contributed by atoms with Crippen LogP contribution in [-0.2, 0) is 9.47 Å². The highest BCUT2D eigenvalue weighted by Crippen LogP contribution is 2.24. The molecule has 0 aliphatic carbocycles. The molecule has 1 N–H and O–H groups in total. The molecule has 3 aromatic rings. The van der Waals surface area contributed by atoms with Gasteiger partial charge in [0.1, 0.15) is 12.4 Å². The second-order valence-corrected chi connectivity index (χ2v) is 5.57. The van der Waals surface area contributed by atoms with Crippen LogP contribution in [0.5, 0.6) is 0 Å². The van der Waals surface area contributed by atoms with Crippen molar-refractivity contribution in [3.63, 3.8) is 0 Å². The van der Waals surface area contributed by atoms with Crippen molar-refractivity contribution in [2.75, 3.05) is 20.3 Å². The van der Waals surface area contributed by atoms with Crippen LogP contribution in [0.1, 0.15) is 10.4 Å². The summed E-state index contributed by atoms with van der Waals surface area (Å²) in [6.07, 6.45) is -0.881. The summed E-state index contributed by atoms with van der Waals surface area (Å²) in [5.41, 5.74) is 0.833. The highest BCUT2D eigenvalue weighted by Gasteiger charge is 2.16. The van der Waals surface area contributed by atoms with Crippen molar-refractivity contribution in [2.45, 2.75) is 0 Å². The number of nitrogens with one attached hydrogen (secondary N) is 1. The summed E-state index contributed by atoms with van der Waals surface area (Å²) in [6.45, 7) is 0.247. The molecular weight excluding hydrogens is 369 g/mol. The predicted molar refractivity (Wildman–Crippen MR) is 95.8 cm³/mol. The van der Waals surface area contributed by atoms with E-state index in [2.05, 4.69) is 15.5 Å². The van der Waals surface area contributed by atoms with E-state index in [9.17, 15) is 14.0 Å². The Morgan fingerprint density at radius 1 is 1.14 bits per heavy atom. The van der Waals surface area contributed by atoms with E-state index in [1.54, 1.807) is 24.3 Å². The molecule has 0 unspecified atom stereocenters. The maximum absolute atomic E-state index is 13.9. The Hall–Kier alpha value is -3.59. The first-order chi connectivity index (χ1) is 13.6. The van der Waals surface area contributed by atoms with Gasteiger partial charge in [0.2, 0.25) is 5.82 Å². The molecule has 0 atom stereocenters. The number of nitrogens with zero attached hydrogens (tertiary/aromatic N) is 2. The SMILES string of the molecule is COCCOC(=O)NC(=O)c1cccc(-c2noc(-c3ccccc3F)n2)c1. The van der Waals surface area contributed by atoms with E-state index in [-0.39, 0.29) is 36.1 Å². The summed E-state index contributed by atoms with van der Waals surface area (Å²) in [5, 5.41) is 5.93. The maximum Gasteiger partial charge on any atom is 0.414 e. The molecule has 3 rings (SSSR count). The largest absolute Gasteiger partial charge is 0.447 e. The normalized spacial score (nSPS) is 10.5. The fourth-order valence-corrected chi connectivity index (χ4v) is 2.30. The summed E-state index contributed by atoms with van der Waals surface area (Å²) >= 11 is 0. The number of methoxy groups -OCH3 is 1. The zero-order valence-corrected chi connectivity index (χ0v) is 14.8.